The smallest absolute Gasteiger partial charge is 0.0349 e. The monoisotopic (exact) mass is 243 g/mol. The van der Waals surface area contributed by atoms with Gasteiger partial charge >= 0.3 is 0 Å². The molecule has 0 aromatic heterocycles. The van der Waals surface area contributed by atoms with Crippen LogP contribution in [0.25, 0.3) is 0 Å². The minimum Gasteiger partial charge on any atom is -0.398 e. The Hall–Kier alpha value is -0.770. The molecule has 0 spiro atoms. The van der Waals surface area contributed by atoms with Crippen molar-refractivity contribution < 1.29 is 0 Å². The summed E-state index contributed by atoms with van der Waals surface area (Å²) in [4.78, 5) is 0. The molecule has 0 unspecified atom stereocenters. The van der Waals surface area contributed by atoms with Gasteiger partial charge in [-0.15, -0.1) is 12.4 Å². The summed E-state index contributed by atoms with van der Waals surface area (Å²) in [6.07, 6.45) is 3.99. The molecule has 3 nitrogen and oxygen atoms in total. The second-order valence-corrected chi connectivity index (χ2v) is 3.77. The zero-order chi connectivity index (χ0) is 11.1. The Morgan fingerprint density at radius 1 is 0.938 bits per heavy atom. The van der Waals surface area contributed by atoms with Gasteiger partial charge in [0.2, 0.25) is 0 Å². The van der Waals surface area contributed by atoms with E-state index in [1.807, 2.05) is 12.1 Å². The fourth-order valence-corrected chi connectivity index (χ4v) is 1.76. The number of nitrogen functional groups attached to an aromatic ring is 1. The van der Waals surface area contributed by atoms with E-state index in [1.54, 1.807) is 0 Å². The summed E-state index contributed by atoms with van der Waals surface area (Å²) >= 11 is 0. The lowest BCUT2D eigenvalue weighted by Gasteiger charge is -2.11. The molecule has 0 aliphatic heterocycles. The van der Waals surface area contributed by atoms with Crippen molar-refractivity contribution in [3.63, 3.8) is 0 Å². The van der Waals surface area contributed by atoms with Crippen molar-refractivity contribution in [3.8, 4) is 0 Å². The molecule has 0 heterocycles. The van der Waals surface area contributed by atoms with E-state index in [0.29, 0.717) is 6.54 Å². The van der Waals surface area contributed by atoms with Crippen LogP contribution in [0.15, 0.2) is 18.2 Å². The number of halogens is 1. The van der Waals surface area contributed by atoms with Crippen molar-refractivity contribution in [2.24, 2.45) is 11.5 Å². The topological polar surface area (TPSA) is 78.1 Å². The zero-order valence-corrected chi connectivity index (χ0v) is 10.4. The maximum Gasteiger partial charge on any atom is 0.0349 e. The van der Waals surface area contributed by atoms with E-state index >= 15 is 0 Å². The molecule has 0 saturated heterocycles. The molecule has 0 bridgehead atoms. The standard InChI is InChI=1S/C12H21N3.ClH/c13-8-2-5-10-4-1-7-12(15)11(10)6-3-9-14;/h1,4,7H,2-3,5-6,8-9,13-15H2;1H. The molecule has 16 heavy (non-hydrogen) atoms. The first-order valence-corrected chi connectivity index (χ1v) is 5.56. The molecule has 0 radical (unpaired) electrons. The molecular formula is C12H22ClN3. The molecular weight excluding hydrogens is 222 g/mol. The fourth-order valence-electron chi connectivity index (χ4n) is 1.76. The number of benzene rings is 1. The first-order valence-electron chi connectivity index (χ1n) is 5.56. The Labute approximate surface area is 104 Å². The lowest BCUT2D eigenvalue weighted by molar-refractivity contribution is 0.793. The van der Waals surface area contributed by atoms with Crippen LogP contribution in [0.3, 0.4) is 0 Å². The Kier molecular flexibility index (Phi) is 7.99. The molecule has 1 rings (SSSR count). The van der Waals surface area contributed by atoms with Gasteiger partial charge in [0.05, 0.1) is 0 Å². The minimum atomic E-state index is 0. The van der Waals surface area contributed by atoms with E-state index in [4.69, 9.17) is 17.2 Å². The molecule has 0 saturated carbocycles. The third-order valence-corrected chi connectivity index (χ3v) is 2.59. The van der Waals surface area contributed by atoms with Gasteiger partial charge in [-0.25, -0.2) is 0 Å². The second kappa shape index (κ2) is 8.39. The number of rotatable bonds is 6. The minimum absolute atomic E-state index is 0. The van der Waals surface area contributed by atoms with Gasteiger partial charge in [-0.3, -0.25) is 0 Å². The first-order chi connectivity index (χ1) is 7.29. The predicted molar refractivity (Wildman–Crippen MR) is 72.9 cm³/mol. The first kappa shape index (κ1) is 15.2. The maximum atomic E-state index is 5.96. The Bertz CT molecular complexity index is 302. The molecule has 0 atom stereocenters. The van der Waals surface area contributed by atoms with Crippen LogP contribution in [0.4, 0.5) is 5.69 Å². The highest BCUT2D eigenvalue weighted by Crippen LogP contribution is 2.20. The highest BCUT2D eigenvalue weighted by Gasteiger charge is 2.05. The van der Waals surface area contributed by atoms with E-state index in [-0.39, 0.29) is 12.4 Å². The van der Waals surface area contributed by atoms with Gasteiger partial charge in [0.15, 0.2) is 0 Å². The Morgan fingerprint density at radius 2 is 1.56 bits per heavy atom. The van der Waals surface area contributed by atoms with Crippen LogP contribution in [0.1, 0.15) is 24.0 Å². The average molecular weight is 244 g/mol. The van der Waals surface area contributed by atoms with E-state index in [1.165, 1.54) is 11.1 Å². The third kappa shape index (κ3) is 4.39. The highest BCUT2D eigenvalue weighted by molar-refractivity contribution is 5.85. The second-order valence-electron chi connectivity index (χ2n) is 3.77. The average Bonchev–Trinajstić information content (AvgIpc) is 2.25. The highest BCUT2D eigenvalue weighted by atomic mass is 35.5. The molecule has 0 amide bonds. The van der Waals surface area contributed by atoms with Gasteiger partial charge in [-0.2, -0.15) is 0 Å². The van der Waals surface area contributed by atoms with Crippen molar-refractivity contribution in [1.82, 2.24) is 0 Å². The summed E-state index contributed by atoms with van der Waals surface area (Å²) in [5, 5.41) is 0. The maximum absolute atomic E-state index is 5.96. The molecule has 0 aliphatic rings. The van der Waals surface area contributed by atoms with Crippen LogP contribution in [-0.2, 0) is 12.8 Å². The fraction of sp³-hybridized carbons (Fsp3) is 0.500. The quantitative estimate of drug-likeness (QED) is 0.663. The number of nitrogens with two attached hydrogens (primary N) is 3. The molecule has 0 aliphatic carbocycles. The van der Waals surface area contributed by atoms with Crippen molar-refractivity contribution in [3.05, 3.63) is 29.3 Å². The van der Waals surface area contributed by atoms with Crippen LogP contribution < -0.4 is 17.2 Å². The van der Waals surface area contributed by atoms with Gasteiger partial charge in [0.25, 0.3) is 0 Å². The molecule has 1 aromatic rings. The van der Waals surface area contributed by atoms with Gasteiger partial charge in [0.1, 0.15) is 0 Å². The Morgan fingerprint density at radius 3 is 2.19 bits per heavy atom. The van der Waals surface area contributed by atoms with E-state index in [0.717, 1.165) is 37.9 Å². The predicted octanol–water partition coefficient (Wildman–Crippen LogP) is 1.47. The van der Waals surface area contributed by atoms with Gasteiger partial charge in [-0.1, -0.05) is 12.1 Å². The number of anilines is 1. The number of hydrogen-bond donors (Lipinski definition) is 3. The van der Waals surface area contributed by atoms with Crippen LogP contribution in [0.5, 0.6) is 0 Å². The van der Waals surface area contributed by atoms with Crippen molar-refractivity contribution in [2.75, 3.05) is 18.8 Å². The normalized spacial score (nSPS) is 9.88. The summed E-state index contributed by atoms with van der Waals surface area (Å²) < 4.78 is 0. The Balaban J connectivity index is 0.00000225. The van der Waals surface area contributed by atoms with Crippen LogP contribution in [-0.4, -0.2) is 13.1 Å². The summed E-state index contributed by atoms with van der Waals surface area (Å²) in [7, 11) is 0. The lowest BCUT2D eigenvalue weighted by atomic mass is 9.97. The summed E-state index contributed by atoms with van der Waals surface area (Å²) in [5.74, 6) is 0. The molecule has 0 fully saturated rings. The molecule has 6 N–H and O–H groups in total. The van der Waals surface area contributed by atoms with E-state index < -0.39 is 0 Å². The number of aryl methyl sites for hydroxylation is 1. The van der Waals surface area contributed by atoms with E-state index in [9.17, 15) is 0 Å². The molecule has 92 valence electrons. The summed E-state index contributed by atoms with van der Waals surface area (Å²) in [6, 6.07) is 6.10. The van der Waals surface area contributed by atoms with Crippen LogP contribution in [0.2, 0.25) is 0 Å². The van der Waals surface area contributed by atoms with Crippen LogP contribution >= 0.6 is 12.4 Å². The van der Waals surface area contributed by atoms with Crippen molar-refractivity contribution in [2.45, 2.75) is 25.7 Å². The van der Waals surface area contributed by atoms with Crippen LogP contribution in [0, 0.1) is 0 Å². The summed E-state index contributed by atoms with van der Waals surface area (Å²) in [5.41, 5.74) is 20.5. The SMILES string of the molecule is Cl.NCCCc1cccc(N)c1CCCN. The lowest BCUT2D eigenvalue weighted by Crippen LogP contribution is -2.07. The largest absolute Gasteiger partial charge is 0.398 e. The van der Waals surface area contributed by atoms with Gasteiger partial charge in [0, 0.05) is 5.69 Å². The number of hydrogen-bond acceptors (Lipinski definition) is 3. The molecule has 1 aromatic carbocycles. The third-order valence-electron chi connectivity index (χ3n) is 2.59. The molecule has 4 heteroatoms. The van der Waals surface area contributed by atoms with Crippen molar-refractivity contribution >= 4 is 18.1 Å². The van der Waals surface area contributed by atoms with E-state index in [2.05, 4.69) is 6.07 Å². The zero-order valence-electron chi connectivity index (χ0n) is 9.61. The van der Waals surface area contributed by atoms with Gasteiger partial charge < -0.3 is 17.2 Å². The van der Waals surface area contributed by atoms with Gasteiger partial charge in [-0.05, 0) is 56.0 Å². The van der Waals surface area contributed by atoms with Crippen molar-refractivity contribution in [1.29, 1.82) is 0 Å². The summed E-state index contributed by atoms with van der Waals surface area (Å²) in [6.45, 7) is 1.44.